The van der Waals surface area contributed by atoms with Crippen molar-refractivity contribution in [2.75, 3.05) is 5.75 Å². The van der Waals surface area contributed by atoms with Crippen molar-refractivity contribution in [1.29, 1.82) is 0 Å². The molecule has 1 aromatic carbocycles. The predicted octanol–water partition coefficient (Wildman–Crippen LogP) is 0.766. The van der Waals surface area contributed by atoms with Crippen molar-refractivity contribution in [3.8, 4) is 5.69 Å². The SMILES string of the molecule is O=C(O)CCS(=O)(=O)NCc1cnn(-c2ccccc2)c1. The minimum Gasteiger partial charge on any atom is -0.481 e. The lowest BCUT2D eigenvalue weighted by Gasteiger charge is -2.03. The number of sulfonamides is 1. The first kappa shape index (κ1) is 15.2. The Morgan fingerprint density at radius 3 is 2.67 bits per heavy atom. The Morgan fingerprint density at radius 1 is 1.29 bits per heavy atom. The molecule has 0 saturated heterocycles. The highest BCUT2D eigenvalue weighted by Crippen LogP contribution is 2.07. The monoisotopic (exact) mass is 309 g/mol. The number of hydrogen-bond acceptors (Lipinski definition) is 4. The zero-order chi connectivity index (χ0) is 15.3. The van der Waals surface area contributed by atoms with Gasteiger partial charge < -0.3 is 5.11 Å². The van der Waals surface area contributed by atoms with E-state index in [4.69, 9.17) is 5.11 Å². The number of nitrogens with one attached hydrogen (secondary N) is 1. The Hall–Kier alpha value is -2.19. The van der Waals surface area contributed by atoms with Gasteiger partial charge in [-0.3, -0.25) is 4.79 Å². The molecule has 112 valence electrons. The Kier molecular flexibility index (Phi) is 4.71. The van der Waals surface area contributed by atoms with E-state index in [1.165, 1.54) is 0 Å². The molecule has 0 saturated carbocycles. The summed E-state index contributed by atoms with van der Waals surface area (Å²) in [5, 5.41) is 12.6. The second-order valence-electron chi connectivity index (χ2n) is 4.41. The van der Waals surface area contributed by atoms with Crippen molar-refractivity contribution in [2.24, 2.45) is 0 Å². The molecular formula is C13H15N3O4S. The van der Waals surface area contributed by atoms with Crippen molar-refractivity contribution in [1.82, 2.24) is 14.5 Å². The molecule has 7 nitrogen and oxygen atoms in total. The molecule has 0 spiro atoms. The number of hydrogen-bond donors (Lipinski definition) is 2. The molecule has 0 atom stereocenters. The molecule has 1 aromatic heterocycles. The minimum atomic E-state index is -3.60. The normalized spacial score (nSPS) is 11.4. The van der Waals surface area contributed by atoms with E-state index in [1.807, 2.05) is 30.3 Å². The van der Waals surface area contributed by atoms with E-state index in [-0.39, 0.29) is 6.54 Å². The lowest BCUT2D eigenvalue weighted by atomic mass is 10.3. The van der Waals surface area contributed by atoms with Crippen molar-refractivity contribution in [2.45, 2.75) is 13.0 Å². The lowest BCUT2D eigenvalue weighted by molar-refractivity contribution is -0.136. The van der Waals surface area contributed by atoms with E-state index in [9.17, 15) is 13.2 Å². The average Bonchev–Trinajstić information content (AvgIpc) is 2.93. The fourth-order valence-corrected chi connectivity index (χ4v) is 2.63. The molecular weight excluding hydrogens is 294 g/mol. The maximum absolute atomic E-state index is 11.6. The number of benzene rings is 1. The third-order valence-electron chi connectivity index (χ3n) is 2.74. The summed E-state index contributed by atoms with van der Waals surface area (Å²) in [6.45, 7) is 0.0782. The molecule has 0 aliphatic rings. The predicted molar refractivity (Wildman–Crippen MR) is 76.4 cm³/mol. The summed E-state index contributed by atoms with van der Waals surface area (Å²) < 4.78 is 27.2. The lowest BCUT2D eigenvalue weighted by Crippen LogP contribution is -2.26. The minimum absolute atomic E-state index is 0.0782. The zero-order valence-corrected chi connectivity index (χ0v) is 12.0. The summed E-state index contributed by atoms with van der Waals surface area (Å²) in [5.74, 6) is -1.58. The van der Waals surface area contributed by atoms with Gasteiger partial charge in [0.15, 0.2) is 0 Å². The van der Waals surface area contributed by atoms with E-state index in [0.29, 0.717) is 5.56 Å². The van der Waals surface area contributed by atoms with Crippen molar-refractivity contribution in [3.63, 3.8) is 0 Å². The van der Waals surface area contributed by atoms with Gasteiger partial charge in [-0.2, -0.15) is 5.10 Å². The number of aliphatic carboxylic acids is 1. The van der Waals surface area contributed by atoms with Crippen molar-refractivity contribution >= 4 is 16.0 Å². The maximum atomic E-state index is 11.6. The summed E-state index contributed by atoms with van der Waals surface area (Å²) >= 11 is 0. The molecule has 0 unspecified atom stereocenters. The fraction of sp³-hybridized carbons (Fsp3) is 0.231. The summed E-state index contributed by atoms with van der Waals surface area (Å²) in [7, 11) is -3.60. The van der Waals surface area contributed by atoms with Crippen LogP contribution in [0.2, 0.25) is 0 Å². The maximum Gasteiger partial charge on any atom is 0.304 e. The van der Waals surface area contributed by atoms with Crippen LogP contribution in [0, 0.1) is 0 Å². The number of carboxylic acid groups (broad SMARTS) is 1. The van der Waals surface area contributed by atoms with Crippen LogP contribution >= 0.6 is 0 Å². The van der Waals surface area contributed by atoms with Gasteiger partial charge in [-0.15, -0.1) is 0 Å². The Morgan fingerprint density at radius 2 is 2.00 bits per heavy atom. The number of rotatable bonds is 7. The number of aromatic nitrogens is 2. The van der Waals surface area contributed by atoms with Crippen LogP contribution in [0.25, 0.3) is 5.69 Å². The Labute approximate surface area is 122 Å². The largest absolute Gasteiger partial charge is 0.481 e. The molecule has 2 N–H and O–H groups in total. The molecule has 8 heteroatoms. The van der Waals surface area contributed by atoms with Gasteiger partial charge in [-0.1, -0.05) is 18.2 Å². The number of para-hydroxylation sites is 1. The smallest absolute Gasteiger partial charge is 0.304 e. The molecule has 0 amide bonds. The van der Waals surface area contributed by atoms with Gasteiger partial charge in [0.25, 0.3) is 0 Å². The number of carbonyl (C=O) groups is 1. The summed E-state index contributed by atoms with van der Waals surface area (Å²) in [5.41, 5.74) is 1.57. The zero-order valence-electron chi connectivity index (χ0n) is 11.1. The average molecular weight is 309 g/mol. The highest BCUT2D eigenvalue weighted by molar-refractivity contribution is 7.89. The first-order valence-corrected chi connectivity index (χ1v) is 7.89. The number of carboxylic acids is 1. The quantitative estimate of drug-likeness (QED) is 0.786. The van der Waals surface area contributed by atoms with E-state index < -0.39 is 28.2 Å². The second kappa shape index (κ2) is 6.51. The van der Waals surface area contributed by atoms with Gasteiger partial charge in [-0.25, -0.2) is 17.8 Å². The van der Waals surface area contributed by atoms with E-state index in [2.05, 4.69) is 9.82 Å². The van der Waals surface area contributed by atoms with E-state index in [0.717, 1.165) is 5.69 Å². The van der Waals surface area contributed by atoms with Gasteiger partial charge >= 0.3 is 5.97 Å². The van der Waals surface area contributed by atoms with Gasteiger partial charge in [-0.05, 0) is 12.1 Å². The van der Waals surface area contributed by atoms with Gasteiger partial charge in [0.1, 0.15) is 0 Å². The fourth-order valence-electron chi connectivity index (χ4n) is 1.66. The molecule has 2 aromatic rings. The Balaban J connectivity index is 1.96. The molecule has 2 rings (SSSR count). The van der Waals surface area contributed by atoms with Crippen LogP contribution < -0.4 is 4.72 Å². The molecule has 21 heavy (non-hydrogen) atoms. The summed E-state index contributed by atoms with van der Waals surface area (Å²) in [4.78, 5) is 10.4. The summed E-state index contributed by atoms with van der Waals surface area (Å²) in [6.07, 6.45) is 2.86. The van der Waals surface area contributed by atoms with Crippen LogP contribution in [-0.2, 0) is 21.4 Å². The first-order chi connectivity index (χ1) is 9.96. The molecule has 0 radical (unpaired) electrons. The van der Waals surface area contributed by atoms with E-state index in [1.54, 1.807) is 17.1 Å². The van der Waals surface area contributed by atoms with Crippen LogP contribution in [0.15, 0.2) is 42.7 Å². The van der Waals surface area contributed by atoms with Gasteiger partial charge in [0.05, 0.1) is 24.1 Å². The van der Waals surface area contributed by atoms with Crippen LogP contribution in [0.4, 0.5) is 0 Å². The van der Waals surface area contributed by atoms with Crippen molar-refractivity contribution < 1.29 is 18.3 Å². The standard InChI is InChI=1S/C13H15N3O4S/c17-13(18)6-7-21(19,20)15-9-11-8-14-16(10-11)12-4-2-1-3-5-12/h1-5,8,10,15H,6-7,9H2,(H,17,18). The molecule has 1 heterocycles. The van der Waals surface area contributed by atoms with Crippen molar-refractivity contribution in [3.05, 3.63) is 48.3 Å². The van der Waals surface area contributed by atoms with Crippen LogP contribution in [-0.4, -0.2) is 35.0 Å². The molecule has 0 aliphatic heterocycles. The highest BCUT2D eigenvalue weighted by atomic mass is 32.2. The van der Waals surface area contributed by atoms with Crippen LogP contribution in [0.5, 0.6) is 0 Å². The van der Waals surface area contributed by atoms with E-state index >= 15 is 0 Å². The topological polar surface area (TPSA) is 101 Å². The third-order valence-corrected chi connectivity index (χ3v) is 4.06. The molecule has 0 bridgehead atoms. The van der Waals surface area contributed by atoms with Gasteiger partial charge in [0.2, 0.25) is 10.0 Å². The van der Waals surface area contributed by atoms with Crippen LogP contribution in [0.3, 0.4) is 0 Å². The second-order valence-corrected chi connectivity index (χ2v) is 6.34. The number of nitrogens with zero attached hydrogens (tertiary/aromatic N) is 2. The first-order valence-electron chi connectivity index (χ1n) is 6.24. The third kappa shape index (κ3) is 4.69. The van der Waals surface area contributed by atoms with Gasteiger partial charge in [0, 0.05) is 18.3 Å². The molecule has 0 fully saturated rings. The highest BCUT2D eigenvalue weighted by Gasteiger charge is 2.13. The summed E-state index contributed by atoms with van der Waals surface area (Å²) in [6, 6.07) is 9.42. The Bertz CT molecular complexity index is 710. The van der Waals surface area contributed by atoms with Crippen LogP contribution in [0.1, 0.15) is 12.0 Å². The molecule has 0 aliphatic carbocycles.